The van der Waals surface area contributed by atoms with Gasteiger partial charge in [-0.1, -0.05) is 0 Å². The first-order valence-electron chi connectivity index (χ1n) is 5.13. The number of aromatic nitrogens is 2. The lowest BCUT2D eigenvalue weighted by atomic mass is 10.1. The fourth-order valence-corrected chi connectivity index (χ4v) is 3.02. The van der Waals surface area contributed by atoms with E-state index in [-0.39, 0.29) is 0 Å². The zero-order valence-electron chi connectivity index (χ0n) is 8.78. The first kappa shape index (κ1) is 11.3. The van der Waals surface area contributed by atoms with Crippen molar-refractivity contribution in [1.82, 2.24) is 9.97 Å². The van der Waals surface area contributed by atoms with Gasteiger partial charge < -0.3 is 4.90 Å². The molecule has 2 heterocycles. The van der Waals surface area contributed by atoms with Gasteiger partial charge in [-0.25, -0.2) is 23.5 Å². The zero-order chi connectivity index (χ0) is 11.6. The number of nitrogens with zero attached hydrogens (tertiary/aromatic N) is 3. The summed E-state index contributed by atoms with van der Waals surface area (Å²) >= 11 is 0. The molecule has 1 aliphatic heterocycles. The summed E-state index contributed by atoms with van der Waals surface area (Å²) in [5.74, 6) is 0.619. The SMILES string of the molecule is NS(=O)(=O)C1CCCCN1c1ccncn1. The summed E-state index contributed by atoms with van der Waals surface area (Å²) in [5.41, 5.74) is 0. The molecule has 0 amide bonds. The number of rotatable bonds is 2. The van der Waals surface area contributed by atoms with Crippen LogP contribution in [0.25, 0.3) is 0 Å². The van der Waals surface area contributed by atoms with Gasteiger partial charge in [0.25, 0.3) is 0 Å². The van der Waals surface area contributed by atoms with Crippen molar-refractivity contribution in [2.24, 2.45) is 5.14 Å². The molecule has 0 aliphatic carbocycles. The minimum absolute atomic E-state index is 0.558. The predicted octanol–water partition coefficient (Wildman–Crippen LogP) is 0.0815. The van der Waals surface area contributed by atoms with Gasteiger partial charge in [0.2, 0.25) is 10.0 Å². The summed E-state index contributed by atoms with van der Waals surface area (Å²) in [4.78, 5) is 9.61. The largest absolute Gasteiger partial charge is 0.339 e. The number of piperidine rings is 1. The number of hydrogen-bond donors (Lipinski definition) is 1. The number of sulfonamides is 1. The van der Waals surface area contributed by atoms with Gasteiger partial charge in [0.15, 0.2) is 0 Å². The third kappa shape index (κ3) is 2.30. The highest BCUT2D eigenvalue weighted by Gasteiger charge is 2.31. The lowest BCUT2D eigenvalue weighted by Crippen LogP contribution is -2.47. The van der Waals surface area contributed by atoms with Gasteiger partial charge in [0.05, 0.1) is 0 Å². The van der Waals surface area contributed by atoms with Crippen molar-refractivity contribution < 1.29 is 8.42 Å². The van der Waals surface area contributed by atoms with Crippen LogP contribution in [0.2, 0.25) is 0 Å². The maximum atomic E-state index is 11.5. The Labute approximate surface area is 94.6 Å². The summed E-state index contributed by atoms with van der Waals surface area (Å²) in [5, 5.41) is 4.57. The van der Waals surface area contributed by atoms with Crippen molar-refractivity contribution in [3.05, 3.63) is 18.6 Å². The second kappa shape index (κ2) is 4.34. The molecule has 0 spiro atoms. The van der Waals surface area contributed by atoms with Gasteiger partial charge >= 0.3 is 0 Å². The molecule has 2 N–H and O–H groups in total. The Bertz CT molecular complexity index is 448. The van der Waals surface area contributed by atoms with E-state index in [1.54, 1.807) is 17.2 Å². The van der Waals surface area contributed by atoms with E-state index < -0.39 is 15.4 Å². The smallest absolute Gasteiger partial charge is 0.230 e. The highest BCUT2D eigenvalue weighted by atomic mass is 32.2. The fraction of sp³-hybridized carbons (Fsp3) is 0.556. The molecule has 7 heteroatoms. The van der Waals surface area contributed by atoms with Gasteiger partial charge in [-0.2, -0.15) is 0 Å². The normalized spacial score (nSPS) is 22.1. The molecule has 0 aromatic carbocycles. The fourth-order valence-electron chi connectivity index (χ4n) is 1.96. The van der Waals surface area contributed by atoms with Crippen LogP contribution in [0.5, 0.6) is 0 Å². The highest BCUT2D eigenvalue weighted by Crippen LogP contribution is 2.24. The third-order valence-corrected chi connectivity index (χ3v) is 3.94. The van der Waals surface area contributed by atoms with E-state index in [0.717, 1.165) is 12.8 Å². The van der Waals surface area contributed by atoms with Gasteiger partial charge in [0, 0.05) is 12.7 Å². The van der Waals surface area contributed by atoms with Crippen molar-refractivity contribution >= 4 is 15.8 Å². The van der Waals surface area contributed by atoms with Crippen LogP contribution in [0.1, 0.15) is 19.3 Å². The Balaban J connectivity index is 2.31. The van der Waals surface area contributed by atoms with Crippen LogP contribution in [0, 0.1) is 0 Å². The molecule has 0 saturated carbocycles. The Morgan fingerprint density at radius 1 is 1.44 bits per heavy atom. The van der Waals surface area contributed by atoms with Crippen molar-refractivity contribution in [3.8, 4) is 0 Å². The monoisotopic (exact) mass is 242 g/mol. The summed E-state index contributed by atoms with van der Waals surface area (Å²) in [7, 11) is -3.56. The predicted molar refractivity (Wildman–Crippen MR) is 60.1 cm³/mol. The quantitative estimate of drug-likeness (QED) is 0.793. The number of hydrogen-bond acceptors (Lipinski definition) is 5. The van der Waals surface area contributed by atoms with Crippen molar-refractivity contribution in [3.63, 3.8) is 0 Å². The molecule has 6 nitrogen and oxygen atoms in total. The summed E-state index contributed by atoms with van der Waals surface area (Å²) in [6.45, 7) is 0.665. The maximum absolute atomic E-state index is 11.5. The molecule has 1 saturated heterocycles. The standard InChI is InChI=1S/C9H14N4O2S/c10-16(14,15)9-3-1-2-6-13(9)8-4-5-11-7-12-8/h4-5,7,9H,1-3,6H2,(H2,10,14,15). The Kier molecular flexibility index (Phi) is 3.06. The Morgan fingerprint density at radius 2 is 2.25 bits per heavy atom. The summed E-state index contributed by atoms with van der Waals surface area (Å²) in [6, 6.07) is 1.70. The lowest BCUT2D eigenvalue weighted by Gasteiger charge is -2.34. The molecule has 2 rings (SSSR count). The van der Waals surface area contributed by atoms with E-state index in [2.05, 4.69) is 9.97 Å². The maximum Gasteiger partial charge on any atom is 0.230 e. The second-order valence-electron chi connectivity index (χ2n) is 3.80. The van der Waals surface area contributed by atoms with Crippen molar-refractivity contribution in [2.75, 3.05) is 11.4 Å². The molecule has 0 bridgehead atoms. The average molecular weight is 242 g/mol. The lowest BCUT2D eigenvalue weighted by molar-refractivity contribution is 0.505. The highest BCUT2D eigenvalue weighted by molar-refractivity contribution is 7.89. The van der Waals surface area contributed by atoms with Crippen LogP contribution in [0.15, 0.2) is 18.6 Å². The molecule has 1 aromatic rings. The van der Waals surface area contributed by atoms with Crippen molar-refractivity contribution in [1.29, 1.82) is 0 Å². The van der Waals surface area contributed by atoms with Gasteiger partial charge in [-0.05, 0) is 25.3 Å². The van der Waals surface area contributed by atoms with Crippen LogP contribution in [-0.4, -0.2) is 30.3 Å². The second-order valence-corrected chi connectivity index (χ2v) is 5.52. The minimum atomic E-state index is -3.56. The molecule has 1 unspecified atom stereocenters. The van der Waals surface area contributed by atoms with E-state index in [1.807, 2.05) is 0 Å². The first-order chi connectivity index (χ1) is 7.59. The summed E-state index contributed by atoms with van der Waals surface area (Å²) < 4.78 is 22.9. The average Bonchev–Trinajstić information content (AvgIpc) is 2.29. The van der Waals surface area contributed by atoms with Gasteiger partial charge in [-0.15, -0.1) is 0 Å². The van der Waals surface area contributed by atoms with E-state index >= 15 is 0 Å². The molecule has 1 fully saturated rings. The molecule has 16 heavy (non-hydrogen) atoms. The van der Waals surface area contributed by atoms with E-state index in [1.165, 1.54) is 6.33 Å². The van der Waals surface area contributed by atoms with Crippen LogP contribution in [0.4, 0.5) is 5.82 Å². The molecular weight excluding hydrogens is 228 g/mol. The minimum Gasteiger partial charge on any atom is -0.339 e. The first-order valence-corrected chi connectivity index (χ1v) is 6.74. The van der Waals surface area contributed by atoms with Gasteiger partial charge in [0.1, 0.15) is 17.5 Å². The van der Waals surface area contributed by atoms with Crippen molar-refractivity contribution in [2.45, 2.75) is 24.6 Å². The van der Waals surface area contributed by atoms with Crippen LogP contribution in [-0.2, 0) is 10.0 Å². The molecule has 1 atom stereocenters. The Hall–Kier alpha value is -1.21. The van der Waals surface area contributed by atoms with E-state index in [4.69, 9.17) is 5.14 Å². The van der Waals surface area contributed by atoms with Gasteiger partial charge in [-0.3, -0.25) is 0 Å². The third-order valence-electron chi connectivity index (χ3n) is 2.69. The summed E-state index contributed by atoms with van der Waals surface area (Å²) in [6.07, 6.45) is 5.39. The molecular formula is C9H14N4O2S. The van der Waals surface area contributed by atoms with Crippen LogP contribution >= 0.6 is 0 Å². The number of anilines is 1. The molecule has 1 aliphatic rings. The number of primary sulfonamides is 1. The number of nitrogens with two attached hydrogens (primary N) is 1. The van der Waals surface area contributed by atoms with E-state index in [9.17, 15) is 8.42 Å². The molecule has 1 aromatic heterocycles. The van der Waals surface area contributed by atoms with E-state index in [0.29, 0.717) is 18.8 Å². The molecule has 88 valence electrons. The zero-order valence-corrected chi connectivity index (χ0v) is 9.60. The topological polar surface area (TPSA) is 89.2 Å². The Morgan fingerprint density at radius 3 is 2.88 bits per heavy atom. The van der Waals surface area contributed by atoms with Crippen LogP contribution < -0.4 is 10.0 Å². The molecule has 0 radical (unpaired) electrons. The van der Waals surface area contributed by atoms with Crippen LogP contribution in [0.3, 0.4) is 0 Å².